The second-order valence-corrected chi connectivity index (χ2v) is 9.95. The highest BCUT2D eigenvalue weighted by atomic mass is 32.2. The van der Waals surface area contributed by atoms with Gasteiger partial charge in [0.15, 0.2) is 9.84 Å². The van der Waals surface area contributed by atoms with E-state index in [-0.39, 0.29) is 11.1 Å². The molecular weight excluding hydrogens is 324 g/mol. The standard InChI is InChI=1S/C14H24N2O2S3/c1-3-15-9-12-5-6-13(20-12)10-16-7-8-19-11-14(16)21(17,18)4-2/h5-6,14-15H,3-4,7-11H2,1-2H3. The largest absolute Gasteiger partial charge is 0.312 e. The average molecular weight is 349 g/mol. The van der Waals surface area contributed by atoms with Gasteiger partial charge in [0.2, 0.25) is 0 Å². The summed E-state index contributed by atoms with van der Waals surface area (Å²) in [7, 11) is -3.00. The molecule has 1 aromatic rings. The molecule has 4 nitrogen and oxygen atoms in total. The molecule has 0 aliphatic carbocycles. The Kier molecular flexibility index (Phi) is 6.55. The minimum absolute atomic E-state index is 0.227. The van der Waals surface area contributed by atoms with Crippen LogP contribution in [0.3, 0.4) is 0 Å². The fourth-order valence-corrected chi connectivity index (χ4v) is 6.46. The number of nitrogens with one attached hydrogen (secondary N) is 1. The predicted molar refractivity (Wildman–Crippen MR) is 92.7 cm³/mol. The Balaban J connectivity index is 2.03. The number of hydrogen-bond donors (Lipinski definition) is 1. The van der Waals surface area contributed by atoms with E-state index in [2.05, 4.69) is 29.3 Å². The van der Waals surface area contributed by atoms with Gasteiger partial charge in [-0.2, -0.15) is 11.8 Å². The molecule has 1 atom stereocenters. The zero-order valence-corrected chi connectivity index (χ0v) is 15.1. The van der Waals surface area contributed by atoms with E-state index in [1.807, 2.05) is 0 Å². The molecule has 1 fully saturated rings. The van der Waals surface area contributed by atoms with Crippen LogP contribution in [0, 0.1) is 0 Å². The molecule has 120 valence electrons. The zero-order valence-electron chi connectivity index (χ0n) is 12.7. The van der Waals surface area contributed by atoms with Crippen LogP contribution in [0.15, 0.2) is 12.1 Å². The van der Waals surface area contributed by atoms with Crippen LogP contribution in [0.4, 0.5) is 0 Å². The van der Waals surface area contributed by atoms with Crippen LogP contribution >= 0.6 is 23.1 Å². The van der Waals surface area contributed by atoms with Crippen LogP contribution in [0.25, 0.3) is 0 Å². The molecule has 0 saturated carbocycles. The lowest BCUT2D eigenvalue weighted by molar-refractivity contribution is 0.264. The van der Waals surface area contributed by atoms with Gasteiger partial charge in [-0.05, 0) is 18.7 Å². The summed E-state index contributed by atoms with van der Waals surface area (Å²) in [6, 6.07) is 4.28. The Morgan fingerprint density at radius 2 is 2.10 bits per heavy atom. The van der Waals surface area contributed by atoms with Crippen LogP contribution in [0.5, 0.6) is 0 Å². The first kappa shape index (κ1) is 17.3. The normalized spacial score (nSPS) is 20.8. The highest BCUT2D eigenvalue weighted by Gasteiger charge is 2.32. The number of hydrogen-bond acceptors (Lipinski definition) is 6. The van der Waals surface area contributed by atoms with E-state index < -0.39 is 9.84 Å². The van der Waals surface area contributed by atoms with Crippen molar-refractivity contribution in [1.82, 2.24) is 10.2 Å². The molecule has 1 unspecified atom stereocenters. The van der Waals surface area contributed by atoms with Crippen LogP contribution in [-0.4, -0.2) is 49.0 Å². The molecular formula is C14H24N2O2S3. The Hall–Kier alpha value is -0.0800. The van der Waals surface area contributed by atoms with Gasteiger partial charge in [-0.3, -0.25) is 4.90 Å². The van der Waals surface area contributed by atoms with Gasteiger partial charge in [-0.25, -0.2) is 8.42 Å². The second-order valence-electron chi connectivity index (χ2n) is 5.10. The monoisotopic (exact) mass is 348 g/mol. The predicted octanol–water partition coefficient (Wildman–Crippen LogP) is 2.17. The first-order chi connectivity index (χ1) is 10.1. The molecule has 1 aliphatic rings. The Bertz CT molecular complexity index is 542. The molecule has 1 saturated heterocycles. The van der Waals surface area contributed by atoms with Gasteiger partial charge in [-0.15, -0.1) is 11.3 Å². The summed E-state index contributed by atoms with van der Waals surface area (Å²) < 4.78 is 24.5. The molecule has 0 amide bonds. The number of thioether (sulfide) groups is 1. The van der Waals surface area contributed by atoms with Gasteiger partial charge in [0, 0.05) is 46.6 Å². The molecule has 1 N–H and O–H groups in total. The minimum atomic E-state index is -3.00. The number of nitrogens with zero attached hydrogens (tertiary/aromatic N) is 1. The molecule has 0 spiro atoms. The van der Waals surface area contributed by atoms with Crippen molar-refractivity contribution in [2.24, 2.45) is 0 Å². The maximum atomic E-state index is 12.2. The molecule has 2 heterocycles. The lowest BCUT2D eigenvalue weighted by atomic mass is 10.3. The molecule has 0 aromatic carbocycles. The molecule has 0 bridgehead atoms. The Labute approximate surface area is 136 Å². The number of rotatable bonds is 7. The minimum Gasteiger partial charge on any atom is -0.312 e. The summed E-state index contributed by atoms with van der Waals surface area (Å²) in [6.07, 6.45) is 0. The summed E-state index contributed by atoms with van der Waals surface area (Å²) in [4.78, 5) is 4.71. The van der Waals surface area contributed by atoms with Gasteiger partial charge in [-0.1, -0.05) is 13.8 Å². The van der Waals surface area contributed by atoms with Crippen LogP contribution < -0.4 is 5.32 Å². The molecule has 1 aliphatic heterocycles. The van der Waals surface area contributed by atoms with E-state index in [0.717, 1.165) is 31.9 Å². The van der Waals surface area contributed by atoms with Crippen molar-refractivity contribution < 1.29 is 8.42 Å². The van der Waals surface area contributed by atoms with Crippen LogP contribution in [0.1, 0.15) is 23.6 Å². The lowest BCUT2D eigenvalue weighted by Crippen LogP contribution is -2.47. The zero-order chi connectivity index (χ0) is 15.3. The van der Waals surface area contributed by atoms with Gasteiger partial charge >= 0.3 is 0 Å². The van der Waals surface area contributed by atoms with Crippen LogP contribution in [0.2, 0.25) is 0 Å². The van der Waals surface area contributed by atoms with E-state index in [0.29, 0.717) is 5.75 Å². The first-order valence-corrected chi connectivity index (χ1v) is 11.1. The van der Waals surface area contributed by atoms with Crippen molar-refractivity contribution in [2.75, 3.05) is 30.3 Å². The third kappa shape index (κ3) is 4.69. The summed E-state index contributed by atoms with van der Waals surface area (Å²) in [6.45, 7) is 7.31. The van der Waals surface area contributed by atoms with Gasteiger partial charge in [0.05, 0.1) is 0 Å². The smallest absolute Gasteiger partial charge is 0.166 e. The third-order valence-corrected chi connectivity index (χ3v) is 8.04. The third-order valence-electron chi connectivity index (χ3n) is 3.63. The van der Waals surface area contributed by atoms with E-state index in [9.17, 15) is 8.42 Å². The lowest BCUT2D eigenvalue weighted by Gasteiger charge is -2.34. The fourth-order valence-electron chi connectivity index (χ4n) is 2.37. The summed E-state index contributed by atoms with van der Waals surface area (Å²) in [5.41, 5.74) is 0. The highest BCUT2D eigenvalue weighted by molar-refractivity contribution is 8.01. The maximum absolute atomic E-state index is 12.2. The van der Waals surface area contributed by atoms with Crippen molar-refractivity contribution in [3.63, 3.8) is 0 Å². The fraction of sp³-hybridized carbons (Fsp3) is 0.714. The van der Waals surface area contributed by atoms with E-state index in [1.54, 1.807) is 30.0 Å². The van der Waals surface area contributed by atoms with Gasteiger partial charge in [0.25, 0.3) is 0 Å². The average Bonchev–Trinajstić information content (AvgIpc) is 2.93. The van der Waals surface area contributed by atoms with Gasteiger partial charge in [0.1, 0.15) is 5.37 Å². The number of thiophene rings is 1. The van der Waals surface area contributed by atoms with Crippen molar-refractivity contribution in [1.29, 1.82) is 0 Å². The van der Waals surface area contributed by atoms with Crippen LogP contribution in [-0.2, 0) is 22.9 Å². The van der Waals surface area contributed by atoms with Crippen molar-refractivity contribution in [2.45, 2.75) is 32.3 Å². The van der Waals surface area contributed by atoms with E-state index in [4.69, 9.17) is 0 Å². The molecule has 0 radical (unpaired) electrons. The molecule has 1 aromatic heterocycles. The molecule has 2 rings (SSSR count). The topological polar surface area (TPSA) is 49.4 Å². The number of sulfone groups is 1. The second kappa shape index (κ2) is 7.97. The summed E-state index contributed by atoms with van der Waals surface area (Å²) >= 11 is 3.53. The van der Waals surface area contributed by atoms with E-state index >= 15 is 0 Å². The Morgan fingerprint density at radius 3 is 2.81 bits per heavy atom. The Morgan fingerprint density at radius 1 is 1.33 bits per heavy atom. The highest BCUT2D eigenvalue weighted by Crippen LogP contribution is 2.26. The van der Waals surface area contributed by atoms with E-state index in [1.165, 1.54) is 9.75 Å². The van der Waals surface area contributed by atoms with Crippen molar-refractivity contribution in [3.05, 3.63) is 21.9 Å². The molecule has 21 heavy (non-hydrogen) atoms. The first-order valence-electron chi connectivity index (χ1n) is 7.38. The van der Waals surface area contributed by atoms with Gasteiger partial charge < -0.3 is 5.32 Å². The quantitative estimate of drug-likeness (QED) is 0.818. The summed E-state index contributed by atoms with van der Waals surface area (Å²) in [5.74, 6) is 1.95. The van der Waals surface area contributed by atoms with Crippen molar-refractivity contribution >= 4 is 32.9 Å². The SMILES string of the molecule is CCNCc1ccc(CN2CCSCC2S(=O)(=O)CC)s1. The van der Waals surface area contributed by atoms with Crippen molar-refractivity contribution in [3.8, 4) is 0 Å². The summed E-state index contributed by atoms with van der Waals surface area (Å²) in [5, 5.41) is 3.00. The maximum Gasteiger partial charge on any atom is 0.166 e. The molecule has 7 heteroatoms.